The van der Waals surface area contributed by atoms with Gasteiger partial charge in [0.2, 0.25) is 5.91 Å². The van der Waals surface area contributed by atoms with Crippen LogP contribution in [0.15, 0.2) is 6.20 Å². The van der Waals surface area contributed by atoms with Crippen LogP contribution in [0.25, 0.3) is 0 Å². The number of thiocarbonyl (C=S) groups is 1. The highest BCUT2D eigenvalue weighted by Crippen LogP contribution is 2.55. The standard InChI is InChI=1S/C13H18N4OS/c1-17-12(9(6-15-17)11(14)19)16-13(18)10-7-4-2-3-5-8(7)10/h6-8,10H,2-5H2,1H3,(H2,14,19)(H,16,18). The first-order chi connectivity index (χ1) is 9.09. The van der Waals surface area contributed by atoms with E-state index >= 15 is 0 Å². The SMILES string of the molecule is Cn1ncc(C(N)=S)c1NC(=O)C1C2CCCCC21. The highest BCUT2D eigenvalue weighted by atomic mass is 32.1. The molecule has 1 aromatic rings. The molecule has 2 saturated carbocycles. The summed E-state index contributed by atoms with van der Waals surface area (Å²) in [5.41, 5.74) is 6.27. The number of nitrogens with zero attached hydrogens (tertiary/aromatic N) is 2. The molecule has 0 saturated heterocycles. The third-order valence-corrected chi connectivity index (χ3v) is 4.63. The predicted molar refractivity (Wildman–Crippen MR) is 76.7 cm³/mol. The van der Waals surface area contributed by atoms with Crippen LogP contribution in [0.2, 0.25) is 0 Å². The predicted octanol–water partition coefficient (Wildman–Crippen LogP) is 1.43. The summed E-state index contributed by atoms with van der Waals surface area (Å²) in [6.07, 6.45) is 6.49. The lowest BCUT2D eigenvalue weighted by molar-refractivity contribution is -0.117. The van der Waals surface area contributed by atoms with Gasteiger partial charge in [0.25, 0.3) is 0 Å². The fourth-order valence-electron chi connectivity index (χ4n) is 3.35. The molecule has 2 aliphatic carbocycles. The first-order valence-electron chi connectivity index (χ1n) is 6.72. The summed E-state index contributed by atoms with van der Waals surface area (Å²) in [4.78, 5) is 12.6. The maximum Gasteiger partial charge on any atom is 0.229 e. The smallest absolute Gasteiger partial charge is 0.229 e. The van der Waals surface area contributed by atoms with E-state index in [9.17, 15) is 4.79 Å². The van der Waals surface area contributed by atoms with Crippen molar-refractivity contribution < 1.29 is 4.79 Å². The van der Waals surface area contributed by atoms with Crippen LogP contribution in [0.5, 0.6) is 0 Å². The summed E-state index contributed by atoms with van der Waals surface area (Å²) in [6.45, 7) is 0. The van der Waals surface area contributed by atoms with Gasteiger partial charge in [-0.3, -0.25) is 9.48 Å². The highest BCUT2D eigenvalue weighted by Gasteiger charge is 2.54. The third-order valence-electron chi connectivity index (χ3n) is 4.41. The van der Waals surface area contributed by atoms with E-state index in [4.69, 9.17) is 18.0 Å². The quantitative estimate of drug-likeness (QED) is 0.820. The second-order valence-corrected chi connectivity index (χ2v) is 5.96. The van der Waals surface area contributed by atoms with Gasteiger partial charge in [-0.2, -0.15) is 5.10 Å². The van der Waals surface area contributed by atoms with Gasteiger partial charge in [-0.1, -0.05) is 25.1 Å². The number of nitrogens with one attached hydrogen (secondary N) is 1. The first kappa shape index (κ1) is 12.6. The molecule has 0 bridgehead atoms. The Labute approximate surface area is 117 Å². The molecule has 3 N–H and O–H groups in total. The average molecular weight is 278 g/mol. The summed E-state index contributed by atoms with van der Waals surface area (Å²) in [6, 6.07) is 0. The molecule has 2 unspecified atom stereocenters. The molecule has 0 aromatic carbocycles. The summed E-state index contributed by atoms with van der Waals surface area (Å²) in [7, 11) is 1.78. The fraction of sp³-hybridized carbons (Fsp3) is 0.615. The molecule has 5 nitrogen and oxygen atoms in total. The van der Waals surface area contributed by atoms with Gasteiger partial charge >= 0.3 is 0 Å². The van der Waals surface area contributed by atoms with E-state index in [0.29, 0.717) is 23.2 Å². The average Bonchev–Trinajstić information content (AvgIpc) is 3.01. The van der Waals surface area contributed by atoms with Crippen molar-refractivity contribution in [2.24, 2.45) is 30.5 Å². The second kappa shape index (κ2) is 4.59. The van der Waals surface area contributed by atoms with Gasteiger partial charge < -0.3 is 11.1 Å². The molecule has 102 valence electrons. The fourth-order valence-corrected chi connectivity index (χ4v) is 3.50. The van der Waals surface area contributed by atoms with Gasteiger partial charge in [-0.15, -0.1) is 0 Å². The molecule has 0 radical (unpaired) electrons. The summed E-state index contributed by atoms with van der Waals surface area (Å²) in [5.74, 6) is 2.07. The van der Waals surface area contributed by atoms with Gasteiger partial charge in [0, 0.05) is 13.0 Å². The maximum absolute atomic E-state index is 12.3. The lowest BCUT2D eigenvalue weighted by Crippen LogP contribution is -2.21. The number of hydrogen-bond donors (Lipinski definition) is 2. The minimum absolute atomic E-state index is 0.0954. The number of carbonyl (C=O) groups excluding carboxylic acids is 1. The van der Waals surface area contributed by atoms with E-state index in [1.165, 1.54) is 25.7 Å². The van der Waals surface area contributed by atoms with E-state index in [-0.39, 0.29) is 16.8 Å². The molecule has 0 spiro atoms. The van der Waals surface area contributed by atoms with Gasteiger partial charge in [0.15, 0.2) is 0 Å². The van der Waals surface area contributed by atoms with E-state index < -0.39 is 0 Å². The van der Waals surface area contributed by atoms with E-state index in [1.54, 1.807) is 17.9 Å². The van der Waals surface area contributed by atoms with Crippen LogP contribution >= 0.6 is 12.2 Å². The zero-order valence-corrected chi connectivity index (χ0v) is 11.7. The third kappa shape index (κ3) is 2.14. The number of nitrogens with two attached hydrogens (primary N) is 1. The largest absolute Gasteiger partial charge is 0.389 e. The van der Waals surface area contributed by atoms with E-state index in [1.807, 2.05) is 0 Å². The monoisotopic (exact) mass is 278 g/mol. The van der Waals surface area contributed by atoms with Crippen molar-refractivity contribution >= 4 is 28.9 Å². The number of hydrogen-bond acceptors (Lipinski definition) is 3. The molecule has 6 heteroatoms. The van der Waals surface area contributed by atoms with Crippen molar-refractivity contribution in [3.63, 3.8) is 0 Å². The zero-order valence-electron chi connectivity index (χ0n) is 10.9. The van der Waals surface area contributed by atoms with Gasteiger partial charge in [-0.25, -0.2) is 0 Å². The number of rotatable bonds is 3. The van der Waals surface area contributed by atoms with E-state index in [2.05, 4.69) is 10.4 Å². The molecule has 2 fully saturated rings. The van der Waals surface area contributed by atoms with Gasteiger partial charge in [0.1, 0.15) is 10.8 Å². The Hall–Kier alpha value is -1.43. The van der Waals surface area contributed by atoms with Crippen LogP contribution in [0.1, 0.15) is 31.2 Å². The van der Waals surface area contributed by atoms with Crippen molar-refractivity contribution in [2.75, 3.05) is 5.32 Å². The minimum Gasteiger partial charge on any atom is -0.389 e. The zero-order chi connectivity index (χ0) is 13.6. The molecule has 1 amide bonds. The number of aromatic nitrogens is 2. The molecular formula is C13H18N4OS. The van der Waals surface area contributed by atoms with Crippen LogP contribution < -0.4 is 11.1 Å². The summed E-state index contributed by atoms with van der Waals surface area (Å²) < 4.78 is 1.61. The number of anilines is 1. The van der Waals surface area contributed by atoms with Crippen LogP contribution in [0.3, 0.4) is 0 Å². The molecular weight excluding hydrogens is 260 g/mol. The van der Waals surface area contributed by atoms with Crippen LogP contribution in [0.4, 0.5) is 5.82 Å². The first-order valence-corrected chi connectivity index (χ1v) is 7.13. The van der Waals surface area contributed by atoms with Crippen LogP contribution in [0, 0.1) is 17.8 Å². The summed E-state index contributed by atoms with van der Waals surface area (Å²) in [5, 5.41) is 7.05. The number of fused-ring (bicyclic) bond motifs is 1. The molecule has 1 heterocycles. The molecule has 3 rings (SSSR count). The Morgan fingerprint density at radius 3 is 2.68 bits per heavy atom. The molecule has 0 aliphatic heterocycles. The lowest BCUT2D eigenvalue weighted by Gasteiger charge is -2.07. The Kier molecular flexibility index (Phi) is 3.05. The Morgan fingerprint density at radius 1 is 1.47 bits per heavy atom. The number of aryl methyl sites for hydroxylation is 1. The normalized spacial score (nSPS) is 28.6. The highest BCUT2D eigenvalue weighted by molar-refractivity contribution is 7.80. The lowest BCUT2D eigenvalue weighted by atomic mass is 10.0. The van der Waals surface area contributed by atoms with Crippen LogP contribution in [-0.2, 0) is 11.8 Å². The Balaban J connectivity index is 1.73. The Morgan fingerprint density at radius 2 is 2.11 bits per heavy atom. The van der Waals surface area contributed by atoms with E-state index in [0.717, 1.165) is 0 Å². The van der Waals surface area contributed by atoms with Crippen LogP contribution in [-0.4, -0.2) is 20.7 Å². The molecule has 2 aliphatic rings. The maximum atomic E-state index is 12.3. The Bertz CT molecular complexity index is 527. The number of carbonyl (C=O) groups is 1. The minimum atomic E-state index is 0.0954. The van der Waals surface area contributed by atoms with Crippen molar-refractivity contribution in [1.29, 1.82) is 0 Å². The molecule has 1 aromatic heterocycles. The number of amides is 1. The molecule has 2 atom stereocenters. The van der Waals surface area contributed by atoms with Crippen molar-refractivity contribution in [3.8, 4) is 0 Å². The van der Waals surface area contributed by atoms with Crippen molar-refractivity contribution in [2.45, 2.75) is 25.7 Å². The van der Waals surface area contributed by atoms with Gasteiger partial charge in [-0.05, 0) is 24.7 Å². The molecule has 19 heavy (non-hydrogen) atoms. The van der Waals surface area contributed by atoms with Crippen molar-refractivity contribution in [3.05, 3.63) is 11.8 Å². The topological polar surface area (TPSA) is 72.9 Å². The van der Waals surface area contributed by atoms with Gasteiger partial charge in [0.05, 0.1) is 11.8 Å². The van der Waals surface area contributed by atoms with Crippen molar-refractivity contribution in [1.82, 2.24) is 9.78 Å². The summed E-state index contributed by atoms with van der Waals surface area (Å²) >= 11 is 4.97. The second-order valence-electron chi connectivity index (χ2n) is 5.52.